The molecule has 1 aromatic carbocycles. The van der Waals surface area contributed by atoms with Gasteiger partial charge < -0.3 is 14.6 Å². The highest BCUT2D eigenvalue weighted by molar-refractivity contribution is 6.45. The first-order chi connectivity index (χ1) is 11.6. The van der Waals surface area contributed by atoms with E-state index in [1.807, 2.05) is 16.8 Å². The Bertz CT molecular complexity index is 934. The number of amides is 1. The molecule has 1 aliphatic rings. The molecule has 0 spiro atoms. The number of rotatable bonds is 3. The van der Waals surface area contributed by atoms with Gasteiger partial charge in [-0.3, -0.25) is 9.89 Å². The van der Waals surface area contributed by atoms with Crippen LogP contribution in [0.3, 0.4) is 0 Å². The number of H-pyrrole nitrogens is 1. The van der Waals surface area contributed by atoms with Gasteiger partial charge in [-0.15, -0.1) is 0 Å². The van der Waals surface area contributed by atoms with E-state index in [0.717, 1.165) is 27.7 Å². The van der Waals surface area contributed by atoms with E-state index in [1.54, 1.807) is 17.2 Å². The maximum atomic E-state index is 12.4. The molecule has 0 unspecified atom stereocenters. The fraction of sp³-hybridized carbons (Fsp3) is 0.250. The molecule has 0 fully saturated rings. The number of β-amino-alcohol motifs (C(OH)–C–C–N with tert-alkyl or cyclic N) is 1. The van der Waals surface area contributed by atoms with Gasteiger partial charge in [0.25, 0.3) is 0 Å². The molecule has 4 rings (SSSR count). The van der Waals surface area contributed by atoms with Crippen LogP contribution in [0.2, 0.25) is 10.0 Å². The number of aliphatic hydroxyl groups is 1. The van der Waals surface area contributed by atoms with Gasteiger partial charge in [-0.2, -0.15) is 5.10 Å². The Balaban J connectivity index is 2.03. The van der Waals surface area contributed by atoms with E-state index in [0.29, 0.717) is 23.1 Å². The minimum absolute atomic E-state index is 0.0526. The molecule has 1 aliphatic heterocycles. The fourth-order valence-corrected chi connectivity index (χ4v) is 3.73. The summed E-state index contributed by atoms with van der Waals surface area (Å²) in [6.07, 6.45) is 3.55. The summed E-state index contributed by atoms with van der Waals surface area (Å²) < 4.78 is 1.92. The molecule has 0 saturated carbocycles. The van der Waals surface area contributed by atoms with Crippen molar-refractivity contribution in [3.8, 4) is 11.1 Å². The number of carbonyl (C=O) groups excluding carboxylic acids is 1. The zero-order valence-electron chi connectivity index (χ0n) is 12.6. The smallest absolute Gasteiger partial charge is 0.242 e. The molecule has 2 aromatic heterocycles. The summed E-state index contributed by atoms with van der Waals surface area (Å²) in [5.74, 6) is -0.0526. The van der Waals surface area contributed by atoms with Crippen LogP contribution in [-0.4, -0.2) is 43.8 Å². The molecule has 6 nitrogen and oxygen atoms in total. The van der Waals surface area contributed by atoms with Crippen molar-refractivity contribution in [3.63, 3.8) is 0 Å². The van der Waals surface area contributed by atoms with Crippen molar-refractivity contribution in [1.82, 2.24) is 19.7 Å². The topological polar surface area (TPSA) is 74.2 Å². The number of carbonyl (C=O) groups is 1. The van der Waals surface area contributed by atoms with E-state index in [9.17, 15) is 9.90 Å². The summed E-state index contributed by atoms with van der Waals surface area (Å²) in [5.41, 5.74) is 3.62. The van der Waals surface area contributed by atoms with Crippen LogP contribution in [0.1, 0.15) is 5.69 Å². The Kier molecular flexibility index (Phi) is 3.75. The lowest BCUT2D eigenvalue weighted by Gasteiger charge is -2.29. The van der Waals surface area contributed by atoms with Crippen LogP contribution >= 0.6 is 23.2 Å². The molecule has 0 radical (unpaired) electrons. The number of aromatic amines is 1. The van der Waals surface area contributed by atoms with Gasteiger partial charge in [0.2, 0.25) is 5.91 Å². The van der Waals surface area contributed by atoms with Gasteiger partial charge in [-0.1, -0.05) is 29.3 Å². The fourth-order valence-electron chi connectivity index (χ4n) is 3.31. The number of fused-ring (bicyclic) bond motifs is 3. The molecular weight excluding hydrogens is 351 g/mol. The van der Waals surface area contributed by atoms with E-state index in [4.69, 9.17) is 23.2 Å². The zero-order chi connectivity index (χ0) is 16.8. The van der Waals surface area contributed by atoms with Gasteiger partial charge >= 0.3 is 0 Å². The molecule has 8 heteroatoms. The molecule has 1 amide bonds. The summed E-state index contributed by atoms with van der Waals surface area (Å²) in [6.45, 7) is 0.811. The highest BCUT2D eigenvalue weighted by atomic mass is 35.5. The minimum atomic E-state index is -0.0698. The van der Waals surface area contributed by atoms with E-state index in [-0.39, 0.29) is 19.1 Å². The van der Waals surface area contributed by atoms with Crippen molar-refractivity contribution in [2.75, 3.05) is 13.2 Å². The lowest BCUT2D eigenvalue weighted by atomic mass is 10.0. The number of benzene rings is 1. The van der Waals surface area contributed by atoms with E-state index < -0.39 is 0 Å². The largest absolute Gasteiger partial charge is 0.395 e. The predicted molar refractivity (Wildman–Crippen MR) is 92.0 cm³/mol. The molecule has 3 heterocycles. The van der Waals surface area contributed by atoms with E-state index in [1.165, 1.54) is 0 Å². The Hall–Kier alpha value is -2.02. The molecule has 3 aromatic rings. The number of aliphatic hydroxyl groups excluding tert-OH is 1. The summed E-state index contributed by atoms with van der Waals surface area (Å²) in [4.78, 5) is 14.0. The average Bonchev–Trinajstić information content (AvgIpc) is 3.17. The Morgan fingerprint density at radius 2 is 2.12 bits per heavy atom. The van der Waals surface area contributed by atoms with Crippen molar-refractivity contribution in [2.45, 2.75) is 13.1 Å². The number of nitrogens with zero attached hydrogens (tertiary/aromatic N) is 3. The maximum Gasteiger partial charge on any atom is 0.242 e. The number of hydrogen-bond donors (Lipinski definition) is 2. The van der Waals surface area contributed by atoms with Crippen LogP contribution in [0.15, 0.2) is 24.5 Å². The Morgan fingerprint density at radius 3 is 2.83 bits per heavy atom. The average molecular weight is 365 g/mol. The summed E-state index contributed by atoms with van der Waals surface area (Å²) in [7, 11) is 0. The Morgan fingerprint density at radius 1 is 1.29 bits per heavy atom. The first kappa shape index (κ1) is 15.5. The van der Waals surface area contributed by atoms with Crippen LogP contribution in [0.4, 0.5) is 0 Å². The van der Waals surface area contributed by atoms with Crippen LogP contribution in [0, 0.1) is 0 Å². The molecular formula is C16H14Cl2N4O2. The number of halogens is 2. The molecule has 124 valence electrons. The van der Waals surface area contributed by atoms with Crippen molar-refractivity contribution in [3.05, 3.63) is 40.3 Å². The Labute approximate surface area is 147 Å². The summed E-state index contributed by atoms with van der Waals surface area (Å²) in [5, 5.41) is 17.9. The van der Waals surface area contributed by atoms with Gasteiger partial charge in [0, 0.05) is 34.9 Å². The highest BCUT2D eigenvalue weighted by Crippen LogP contribution is 2.42. The van der Waals surface area contributed by atoms with Crippen LogP contribution in [0.25, 0.3) is 22.0 Å². The van der Waals surface area contributed by atoms with Gasteiger partial charge in [0.1, 0.15) is 6.54 Å². The number of nitrogens with one attached hydrogen (secondary N) is 1. The third-order valence-corrected chi connectivity index (χ3v) is 5.16. The maximum absolute atomic E-state index is 12.4. The quantitative estimate of drug-likeness (QED) is 0.750. The first-order valence-corrected chi connectivity index (χ1v) is 8.24. The van der Waals surface area contributed by atoms with Crippen LogP contribution < -0.4 is 0 Å². The van der Waals surface area contributed by atoms with E-state index in [2.05, 4.69) is 10.2 Å². The summed E-state index contributed by atoms with van der Waals surface area (Å²) >= 11 is 12.6. The van der Waals surface area contributed by atoms with Crippen LogP contribution in [0.5, 0.6) is 0 Å². The molecule has 24 heavy (non-hydrogen) atoms. The molecule has 0 aliphatic carbocycles. The van der Waals surface area contributed by atoms with Gasteiger partial charge in [-0.25, -0.2) is 0 Å². The van der Waals surface area contributed by atoms with Gasteiger partial charge in [0.15, 0.2) is 0 Å². The SMILES string of the molecule is O=C1Cn2c(c(-c3cn[nH]c3)c3ccc(Cl)c(Cl)c32)CN1CCO. The predicted octanol–water partition coefficient (Wildman–Crippen LogP) is 2.67. The second-order valence-electron chi connectivity index (χ2n) is 5.69. The first-order valence-electron chi connectivity index (χ1n) is 7.48. The normalized spacial score (nSPS) is 14.5. The molecule has 0 saturated heterocycles. The number of hydrogen-bond acceptors (Lipinski definition) is 3. The van der Waals surface area contributed by atoms with E-state index >= 15 is 0 Å². The third-order valence-electron chi connectivity index (χ3n) is 4.37. The number of aromatic nitrogens is 3. The van der Waals surface area contributed by atoms with Crippen LogP contribution in [-0.2, 0) is 17.9 Å². The second-order valence-corrected chi connectivity index (χ2v) is 6.48. The highest BCUT2D eigenvalue weighted by Gasteiger charge is 2.30. The molecule has 2 N–H and O–H groups in total. The van der Waals surface area contributed by atoms with Crippen molar-refractivity contribution in [2.24, 2.45) is 0 Å². The monoisotopic (exact) mass is 364 g/mol. The summed E-state index contributed by atoms with van der Waals surface area (Å²) in [6, 6.07) is 3.67. The van der Waals surface area contributed by atoms with Crippen molar-refractivity contribution >= 4 is 40.0 Å². The molecule has 0 bridgehead atoms. The minimum Gasteiger partial charge on any atom is -0.395 e. The van der Waals surface area contributed by atoms with Gasteiger partial charge in [-0.05, 0) is 6.07 Å². The lowest BCUT2D eigenvalue weighted by molar-refractivity contribution is -0.134. The third kappa shape index (κ3) is 2.22. The van der Waals surface area contributed by atoms with Crippen molar-refractivity contribution < 1.29 is 9.90 Å². The second kappa shape index (κ2) is 5.81. The van der Waals surface area contributed by atoms with Crippen molar-refractivity contribution in [1.29, 1.82) is 0 Å². The molecule has 0 atom stereocenters. The standard InChI is InChI=1S/C16H14Cl2N4O2/c17-11-2-1-10-14(9-5-19-20-6-9)12-7-21(3-4-23)13(24)8-22(12)16(10)15(11)18/h1-2,5-6,23H,3-4,7-8H2,(H,19,20). The lowest BCUT2D eigenvalue weighted by Crippen LogP contribution is -2.40. The zero-order valence-corrected chi connectivity index (χ0v) is 14.1. The van der Waals surface area contributed by atoms with Gasteiger partial charge in [0.05, 0.1) is 34.9 Å².